The molecule has 0 aliphatic carbocycles. The van der Waals surface area contributed by atoms with Gasteiger partial charge in [-0.2, -0.15) is 0 Å². The topological polar surface area (TPSA) is 51.5 Å². The van der Waals surface area contributed by atoms with E-state index in [2.05, 4.69) is 0 Å². The second kappa shape index (κ2) is 5.82. The number of hydrogen-bond acceptors (Lipinski definition) is 3. The molecule has 4 heteroatoms. The van der Waals surface area contributed by atoms with E-state index in [4.69, 9.17) is 9.84 Å². The Hall–Kier alpha value is -1.13. The van der Waals surface area contributed by atoms with Crippen LogP contribution in [0.3, 0.4) is 0 Å². The fourth-order valence-electron chi connectivity index (χ4n) is 1.81. The van der Waals surface area contributed by atoms with E-state index in [9.17, 15) is 4.79 Å². The third kappa shape index (κ3) is 2.71. The Balaban J connectivity index is 3.04. The van der Waals surface area contributed by atoms with Crippen molar-refractivity contribution in [3.05, 3.63) is 33.2 Å². The second-order valence-electron chi connectivity index (χ2n) is 3.91. The molecule has 0 saturated carbocycles. The van der Waals surface area contributed by atoms with Gasteiger partial charge in [-0.15, -0.1) is 0 Å². The first-order valence-electron chi connectivity index (χ1n) is 5.41. The summed E-state index contributed by atoms with van der Waals surface area (Å²) >= 11 is 0. The fraction of sp³-hybridized carbons (Fsp3) is 0.583. The lowest BCUT2D eigenvalue weighted by Crippen LogP contribution is -2.27. The van der Waals surface area contributed by atoms with Gasteiger partial charge >= 0.3 is 0 Å². The third-order valence-corrected chi connectivity index (χ3v) is 2.72. The molecule has 0 atom stereocenters. The monoisotopic (exact) mass is 225 g/mol. The predicted octanol–water partition coefficient (Wildman–Crippen LogP) is 0.994. The number of nitrogens with zero attached hydrogens (tertiary/aromatic N) is 1. The first kappa shape index (κ1) is 12.9. The van der Waals surface area contributed by atoms with Crippen LogP contribution in [0.5, 0.6) is 0 Å². The first-order chi connectivity index (χ1) is 7.61. The minimum absolute atomic E-state index is 0.0869. The van der Waals surface area contributed by atoms with Gasteiger partial charge < -0.3 is 14.4 Å². The molecule has 0 aromatic carbocycles. The van der Waals surface area contributed by atoms with Crippen molar-refractivity contribution in [2.24, 2.45) is 0 Å². The summed E-state index contributed by atoms with van der Waals surface area (Å²) in [6, 6.07) is 1.93. The Morgan fingerprint density at radius 2 is 2.12 bits per heavy atom. The van der Waals surface area contributed by atoms with Crippen molar-refractivity contribution in [1.82, 2.24) is 4.57 Å². The molecule has 0 amide bonds. The molecule has 0 fully saturated rings. The van der Waals surface area contributed by atoms with E-state index in [1.807, 2.05) is 19.9 Å². The molecular weight excluding hydrogens is 206 g/mol. The lowest BCUT2D eigenvalue weighted by atomic mass is 10.1. The Bertz CT molecular complexity index is 409. The molecule has 1 N–H and O–H groups in total. The predicted molar refractivity (Wildman–Crippen MR) is 62.6 cm³/mol. The fourth-order valence-corrected chi connectivity index (χ4v) is 1.81. The largest absolute Gasteiger partial charge is 0.391 e. The van der Waals surface area contributed by atoms with Crippen molar-refractivity contribution in [2.75, 3.05) is 13.7 Å². The van der Waals surface area contributed by atoms with Crippen LogP contribution in [0.1, 0.15) is 23.2 Å². The van der Waals surface area contributed by atoms with Crippen molar-refractivity contribution in [3.8, 4) is 0 Å². The van der Waals surface area contributed by atoms with Crippen molar-refractivity contribution in [1.29, 1.82) is 0 Å². The lowest BCUT2D eigenvalue weighted by molar-refractivity contribution is 0.189. The Kier molecular flexibility index (Phi) is 4.71. The summed E-state index contributed by atoms with van der Waals surface area (Å²) in [7, 11) is 1.64. The van der Waals surface area contributed by atoms with Gasteiger partial charge in [0.25, 0.3) is 5.56 Å². The average Bonchev–Trinajstić information content (AvgIpc) is 2.23. The Morgan fingerprint density at radius 3 is 2.69 bits per heavy atom. The quantitative estimate of drug-likeness (QED) is 0.760. The summed E-state index contributed by atoms with van der Waals surface area (Å²) in [6.07, 6.45) is 0.797. The second-order valence-corrected chi connectivity index (χ2v) is 3.91. The van der Waals surface area contributed by atoms with Crippen LogP contribution < -0.4 is 5.56 Å². The summed E-state index contributed by atoms with van der Waals surface area (Å²) in [6.45, 7) is 4.82. The molecule has 0 saturated heterocycles. The van der Waals surface area contributed by atoms with E-state index < -0.39 is 0 Å². The molecule has 0 radical (unpaired) electrons. The lowest BCUT2D eigenvalue weighted by Gasteiger charge is -2.13. The maximum absolute atomic E-state index is 12.0. The van der Waals surface area contributed by atoms with Crippen LogP contribution in [0.25, 0.3) is 0 Å². The average molecular weight is 225 g/mol. The van der Waals surface area contributed by atoms with E-state index in [1.54, 1.807) is 11.7 Å². The van der Waals surface area contributed by atoms with Crippen molar-refractivity contribution < 1.29 is 9.84 Å². The number of methoxy groups -OCH3 is 1. The maximum Gasteiger partial charge on any atom is 0.256 e. The number of aromatic nitrogens is 1. The molecule has 90 valence electrons. The first-order valence-corrected chi connectivity index (χ1v) is 5.41. The van der Waals surface area contributed by atoms with E-state index >= 15 is 0 Å². The molecule has 0 aliphatic rings. The Morgan fingerprint density at radius 1 is 1.44 bits per heavy atom. The highest BCUT2D eigenvalue weighted by molar-refractivity contribution is 5.25. The number of aryl methyl sites for hydroxylation is 2. The van der Waals surface area contributed by atoms with Crippen LogP contribution in [0.15, 0.2) is 10.9 Å². The summed E-state index contributed by atoms with van der Waals surface area (Å²) < 4.78 is 6.65. The number of hydrogen-bond donors (Lipinski definition) is 1. The number of aliphatic hydroxyl groups is 1. The zero-order valence-corrected chi connectivity index (χ0v) is 10.1. The third-order valence-electron chi connectivity index (χ3n) is 2.72. The highest BCUT2D eigenvalue weighted by atomic mass is 16.5. The molecule has 4 nitrogen and oxygen atoms in total. The van der Waals surface area contributed by atoms with Crippen LogP contribution >= 0.6 is 0 Å². The molecule has 0 spiro atoms. The zero-order valence-electron chi connectivity index (χ0n) is 10.1. The standard InChI is InChI=1S/C12H19NO3/c1-9-7-10(2)13(5-4-6-16-3)12(15)11(9)8-14/h7,14H,4-6,8H2,1-3H3. The highest BCUT2D eigenvalue weighted by Gasteiger charge is 2.08. The van der Waals surface area contributed by atoms with Gasteiger partial charge in [0.2, 0.25) is 0 Å². The van der Waals surface area contributed by atoms with Crippen molar-refractivity contribution in [2.45, 2.75) is 33.4 Å². The molecule has 0 unspecified atom stereocenters. The smallest absolute Gasteiger partial charge is 0.256 e. The Labute approximate surface area is 95.5 Å². The summed E-state index contributed by atoms with van der Waals surface area (Å²) in [5.74, 6) is 0. The van der Waals surface area contributed by atoms with Crippen LogP contribution in [0, 0.1) is 13.8 Å². The molecular formula is C12H19NO3. The molecule has 1 rings (SSSR count). The van der Waals surface area contributed by atoms with Gasteiger partial charge in [-0.25, -0.2) is 0 Å². The van der Waals surface area contributed by atoms with Crippen molar-refractivity contribution >= 4 is 0 Å². The van der Waals surface area contributed by atoms with E-state index in [-0.39, 0.29) is 12.2 Å². The number of ether oxygens (including phenoxy) is 1. The summed E-state index contributed by atoms with van der Waals surface area (Å²) in [5, 5.41) is 9.15. The van der Waals surface area contributed by atoms with Crippen LogP contribution in [0.2, 0.25) is 0 Å². The molecule has 0 bridgehead atoms. The van der Waals surface area contributed by atoms with Gasteiger partial charge in [-0.05, 0) is 31.9 Å². The van der Waals surface area contributed by atoms with Gasteiger partial charge in [0, 0.05) is 31.5 Å². The van der Waals surface area contributed by atoms with E-state index in [0.29, 0.717) is 18.7 Å². The highest BCUT2D eigenvalue weighted by Crippen LogP contribution is 2.06. The van der Waals surface area contributed by atoms with Crippen LogP contribution in [-0.2, 0) is 17.9 Å². The van der Waals surface area contributed by atoms with Gasteiger partial charge in [0.05, 0.1) is 6.61 Å². The zero-order chi connectivity index (χ0) is 12.1. The van der Waals surface area contributed by atoms with E-state index in [0.717, 1.165) is 17.7 Å². The van der Waals surface area contributed by atoms with Crippen LogP contribution in [-0.4, -0.2) is 23.4 Å². The minimum atomic E-state index is -0.199. The van der Waals surface area contributed by atoms with Crippen LogP contribution in [0.4, 0.5) is 0 Å². The van der Waals surface area contributed by atoms with Gasteiger partial charge in [0.1, 0.15) is 0 Å². The molecule has 1 heterocycles. The molecule has 1 aromatic heterocycles. The van der Waals surface area contributed by atoms with Gasteiger partial charge in [-0.3, -0.25) is 4.79 Å². The van der Waals surface area contributed by atoms with Gasteiger partial charge in [0.15, 0.2) is 0 Å². The maximum atomic E-state index is 12.0. The summed E-state index contributed by atoms with van der Waals surface area (Å²) in [5.41, 5.74) is 2.18. The van der Waals surface area contributed by atoms with E-state index in [1.165, 1.54) is 0 Å². The van der Waals surface area contributed by atoms with Gasteiger partial charge in [-0.1, -0.05) is 0 Å². The number of aliphatic hydroxyl groups excluding tert-OH is 1. The normalized spacial score (nSPS) is 10.8. The molecule has 1 aromatic rings. The number of rotatable bonds is 5. The minimum Gasteiger partial charge on any atom is -0.391 e. The number of pyridine rings is 1. The molecule has 0 aliphatic heterocycles. The SMILES string of the molecule is COCCCn1c(C)cc(C)c(CO)c1=O. The van der Waals surface area contributed by atoms with Crippen molar-refractivity contribution in [3.63, 3.8) is 0 Å². The molecule has 16 heavy (non-hydrogen) atoms. The summed E-state index contributed by atoms with van der Waals surface area (Å²) in [4.78, 5) is 12.0.